The highest BCUT2D eigenvalue weighted by atomic mass is 16.6. The average molecular weight is 257 g/mol. The van der Waals surface area contributed by atoms with E-state index in [9.17, 15) is 20.2 Å². The smallest absolute Gasteiger partial charge is 0.263 e. The van der Waals surface area contributed by atoms with E-state index in [1.54, 1.807) is 11.9 Å². The molecule has 8 nitrogen and oxygen atoms in total. The van der Waals surface area contributed by atoms with E-state index in [1.807, 2.05) is 0 Å². The lowest BCUT2D eigenvalue weighted by Crippen LogP contribution is -2.65. The number of ether oxygens (including phenoxy) is 1. The summed E-state index contributed by atoms with van der Waals surface area (Å²) in [6.07, 6.45) is 1.47. The van der Waals surface area contributed by atoms with Crippen molar-refractivity contribution in [1.82, 2.24) is 4.90 Å². The van der Waals surface area contributed by atoms with E-state index in [2.05, 4.69) is 0 Å². The second-order valence-electron chi connectivity index (χ2n) is 5.18. The molecule has 2 rings (SSSR count). The maximum absolute atomic E-state index is 11.3. The highest BCUT2D eigenvalue weighted by molar-refractivity contribution is 5.21. The Bertz CT molecular complexity index is 437. The van der Waals surface area contributed by atoms with Gasteiger partial charge in [-0.25, -0.2) is 0 Å². The highest BCUT2D eigenvalue weighted by Gasteiger charge is 2.63. The summed E-state index contributed by atoms with van der Waals surface area (Å²) in [4.78, 5) is 23.5. The molecular weight excluding hydrogens is 242 g/mol. The lowest BCUT2D eigenvalue weighted by atomic mass is 9.71. The van der Waals surface area contributed by atoms with Crippen molar-refractivity contribution in [3.8, 4) is 0 Å². The van der Waals surface area contributed by atoms with Crippen molar-refractivity contribution in [2.45, 2.75) is 23.9 Å². The van der Waals surface area contributed by atoms with E-state index in [1.165, 1.54) is 13.2 Å². The number of hydrogen-bond donors (Lipinski definition) is 0. The molecule has 0 aromatic heterocycles. The van der Waals surface area contributed by atoms with E-state index in [0.717, 1.165) is 0 Å². The van der Waals surface area contributed by atoms with Gasteiger partial charge < -0.3 is 4.74 Å². The Morgan fingerprint density at radius 2 is 2.00 bits per heavy atom. The van der Waals surface area contributed by atoms with Crippen molar-refractivity contribution >= 4 is 0 Å². The zero-order chi connectivity index (χ0) is 13.6. The number of nitrogens with zero attached hydrogens (tertiary/aromatic N) is 3. The van der Waals surface area contributed by atoms with Crippen molar-refractivity contribution in [3.63, 3.8) is 0 Å². The Kier molecular flexibility index (Phi) is 2.77. The zero-order valence-corrected chi connectivity index (χ0v) is 10.3. The number of likely N-dealkylation sites (N-methyl/N-ethyl adjacent to an activating group) is 1. The van der Waals surface area contributed by atoms with Crippen LogP contribution >= 0.6 is 0 Å². The molecule has 0 spiro atoms. The van der Waals surface area contributed by atoms with Gasteiger partial charge in [-0.2, -0.15) is 0 Å². The number of nitro groups is 2. The molecular formula is C10H15N3O5. The van der Waals surface area contributed by atoms with Crippen molar-refractivity contribution in [1.29, 1.82) is 0 Å². The molecule has 8 heteroatoms. The van der Waals surface area contributed by atoms with Crippen LogP contribution in [0, 0.1) is 20.2 Å². The molecule has 0 N–H and O–H groups in total. The second kappa shape index (κ2) is 3.91. The molecule has 1 heterocycles. The summed E-state index contributed by atoms with van der Waals surface area (Å²) in [5.74, 6) is 0.336. The molecule has 18 heavy (non-hydrogen) atoms. The fourth-order valence-corrected chi connectivity index (χ4v) is 3.09. The molecule has 0 aromatic carbocycles. The van der Waals surface area contributed by atoms with Crippen molar-refractivity contribution in [3.05, 3.63) is 32.1 Å². The summed E-state index contributed by atoms with van der Waals surface area (Å²) in [5.41, 5.74) is -2.73. The fraction of sp³-hybridized carbons (Fsp3) is 0.800. The Hall–Kier alpha value is -1.70. The summed E-state index contributed by atoms with van der Waals surface area (Å²) in [7, 11) is 3.05. The monoisotopic (exact) mass is 257 g/mol. The van der Waals surface area contributed by atoms with Crippen LogP contribution in [0.15, 0.2) is 11.8 Å². The molecule has 2 atom stereocenters. The number of methoxy groups -OCH3 is 1. The van der Waals surface area contributed by atoms with Crippen LogP contribution in [0.3, 0.4) is 0 Å². The number of hydrogen-bond acceptors (Lipinski definition) is 6. The molecule has 1 aliphatic heterocycles. The van der Waals surface area contributed by atoms with Gasteiger partial charge in [-0.1, -0.05) is 0 Å². The van der Waals surface area contributed by atoms with E-state index in [4.69, 9.17) is 4.74 Å². The van der Waals surface area contributed by atoms with Gasteiger partial charge in [0, 0.05) is 15.9 Å². The van der Waals surface area contributed by atoms with Gasteiger partial charge in [0.05, 0.1) is 33.0 Å². The SMILES string of the molecule is COC1=C[C@]2([N+](=O)[O-])CN(C)C[C@]([N+](=O)[O-])(C1)C2. The first-order valence-corrected chi connectivity index (χ1v) is 5.57. The van der Waals surface area contributed by atoms with Gasteiger partial charge >= 0.3 is 0 Å². The molecule has 1 saturated heterocycles. The molecule has 0 amide bonds. The fourth-order valence-electron chi connectivity index (χ4n) is 3.09. The largest absolute Gasteiger partial charge is 0.501 e. The second-order valence-corrected chi connectivity index (χ2v) is 5.18. The standard InChI is InChI=1S/C10H15N3O5/c1-11-6-9(12(14)15)3-8(18-2)4-10(5-9,7-11)13(16)17/h3H,4-7H2,1-2H3/t9-,10+/m1/s1. The summed E-state index contributed by atoms with van der Waals surface area (Å²) in [6.45, 7) is 0.374. The molecule has 0 saturated carbocycles. The maximum Gasteiger partial charge on any atom is 0.263 e. The van der Waals surface area contributed by atoms with Crippen LogP contribution < -0.4 is 0 Å². The summed E-state index contributed by atoms with van der Waals surface area (Å²) >= 11 is 0. The topological polar surface area (TPSA) is 98.8 Å². The lowest BCUT2D eigenvalue weighted by Gasteiger charge is -2.43. The Labute approximate surface area is 104 Å². The van der Waals surface area contributed by atoms with E-state index in [-0.39, 0.29) is 25.9 Å². The van der Waals surface area contributed by atoms with Crippen molar-refractivity contribution in [2.75, 3.05) is 27.2 Å². The number of fused-ring (bicyclic) bond motifs is 2. The average Bonchev–Trinajstić information content (AvgIpc) is 2.26. The van der Waals surface area contributed by atoms with Crippen LogP contribution in [-0.2, 0) is 4.74 Å². The Morgan fingerprint density at radius 1 is 1.33 bits per heavy atom. The van der Waals surface area contributed by atoms with Gasteiger partial charge in [0.15, 0.2) is 0 Å². The van der Waals surface area contributed by atoms with E-state index < -0.39 is 20.9 Å². The maximum atomic E-state index is 11.3. The van der Waals surface area contributed by atoms with Gasteiger partial charge in [0.1, 0.15) is 5.76 Å². The lowest BCUT2D eigenvalue weighted by molar-refractivity contribution is -0.620. The highest BCUT2D eigenvalue weighted by Crippen LogP contribution is 2.42. The van der Waals surface area contributed by atoms with Gasteiger partial charge in [-0.15, -0.1) is 0 Å². The van der Waals surface area contributed by atoms with Crippen LogP contribution in [0.25, 0.3) is 0 Å². The third-order valence-corrected chi connectivity index (χ3v) is 3.69. The Morgan fingerprint density at radius 3 is 2.50 bits per heavy atom. The summed E-state index contributed by atoms with van der Waals surface area (Å²) < 4.78 is 5.05. The van der Waals surface area contributed by atoms with Crippen LogP contribution in [0.2, 0.25) is 0 Å². The minimum atomic E-state index is -1.41. The predicted octanol–water partition coefficient (Wildman–Crippen LogP) is 0.287. The summed E-state index contributed by atoms with van der Waals surface area (Å²) in [5, 5.41) is 22.6. The molecule has 2 aliphatic rings. The minimum absolute atomic E-state index is 0.0722. The van der Waals surface area contributed by atoms with E-state index in [0.29, 0.717) is 5.76 Å². The van der Waals surface area contributed by atoms with Gasteiger partial charge in [-0.05, 0) is 7.05 Å². The third kappa shape index (κ3) is 1.72. The molecule has 1 aliphatic carbocycles. The van der Waals surface area contributed by atoms with Crippen LogP contribution in [-0.4, -0.2) is 53.1 Å². The van der Waals surface area contributed by atoms with Crippen LogP contribution in [0.1, 0.15) is 12.8 Å². The van der Waals surface area contributed by atoms with Crippen LogP contribution in [0.4, 0.5) is 0 Å². The molecule has 1 fully saturated rings. The number of rotatable bonds is 3. The van der Waals surface area contributed by atoms with Gasteiger partial charge in [-0.3, -0.25) is 25.1 Å². The van der Waals surface area contributed by atoms with Crippen LogP contribution in [0.5, 0.6) is 0 Å². The van der Waals surface area contributed by atoms with Crippen molar-refractivity contribution in [2.24, 2.45) is 0 Å². The zero-order valence-electron chi connectivity index (χ0n) is 10.3. The predicted molar refractivity (Wildman–Crippen MR) is 61.3 cm³/mol. The number of likely N-dealkylation sites (tertiary alicyclic amines) is 1. The first-order valence-electron chi connectivity index (χ1n) is 5.57. The minimum Gasteiger partial charge on any atom is -0.501 e. The van der Waals surface area contributed by atoms with E-state index >= 15 is 0 Å². The van der Waals surface area contributed by atoms with Crippen molar-refractivity contribution < 1.29 is 14.6 Å². The Balaban J connectivity index is 2.52. The normalized spacial score (nSPS) is 35.8. The number of piperidine rings is 1. The van der Waals surface area contributed by atoms with Gasteiger partial charge in [0.25, 0.3) is 5.54 Å². The molecule has 0 unspecified atom stereocenters. The first-order chi connectivity index (χ1) is 8.33. The molecule has 100 valence electrons. The molecule has 2 bridgehead atoms. The summed E-state index contributed by atoms with van der Waals surface area (Å²) in [6, 6.07) is 0. The molecule has 0 radical (unpaired) electrons. The first kappa shape index (κ1) is 12.7. The van der Waals surface area contributed by atoms with Gasteiger partial charge in [0.2, 0.25) is 5.54 Å². The third-order valence-electron chi connectivity index (χ3n) is 3.69. The quantitative estimate of drug-likeness (QED) is 0.532. The molecule has 0 aromatic rings.